The molecule has 1 aromatic rings. The van der Waals surface area contributed by atoms with Gasteiger partial charge in [-0.05, 0) is 108 Å². The quantitative estimate of drug-likeness (QED) is 0.523. The number of rotatable bonds is 1. The molecule has 3 fully saturated rings. The fourth-order valence-corrected chi connectivity index (χ4v) is 8.45. The van der Waals surface area contributed by atoms with Crippen LogP contribution in [-0.2, 0) is 0 Å². The molecule has 0 saturated heterocycles. The van der Waals surface area contributed by atoms with Crippen LogP contribution in [0.2, 0.25) is 0 Å². The summed E-state index contributed by atoms with van der Waals surface area (Å²) in [7, 11) is 0. The van der Waals surface area contributed by atoms with Crippen LogP contribution in [0.25, 0.3) is 5.57 Å². The SMILES string of the molecule is CC1CCC2(C)C(CCC3C4CC=C(c5cccnc5)C4(C)CCC32)C1C. The Labute approximate surface area is 166 Å². The Morgan fingerprint density at radius 3 is 2.59 bits per heavy atom. The number of hydrogen-bond donors (Lipinski definition) is 0. The van der Waals surface area contributed by atoms with E-state index in [0.29, 0.717) is 10.8 Å². The second kappa shape index (κ2) is 6.19. The van der Waals surface area contributed by atoms with E-state index in [2.05, 4.69) is 57.1 Å². The van der Waals surface area contributed by atoms with E-state index in [1.165, 1.54) is 50.5 Å². The van der Waals surface area contributed by atoms with Gasteiger partial charge in [-0.2, -0.15) is 0 Å². The van der Waals surface area contributed by atoms with Gasteiger partial charge in [0.05, 0.1) is 0 Å². The standard InChI is InChI=1S/C26H37N/c1-17-11-13-25(3)21(18(17)2)8-7-20-23-10-9-22(19-6-5-15-27-16-19)26(23,4)14-12-24(20)25/h5-6,9,15-18,20-21,23-24H,7-8,10-14H2,1-4H3. The van der Waals surface area contributed by atoms with E-state index in [4.69, 9.17) is 0 Å². The van der Waals surface area contributed by atoms with Crippen LogP contribution in [-0.4, -0.2) is 4.98 Å². The highest BCUT2D eigenvalue weighted by atomic mass is 14.7. The number of aromatic nitrogens is 1. The highest BCUT2D eigenvalue weighted by molar-refractivity contribution is 5.72. The lowest BCUT2D eigenvalue weighted by molar-refractivity contribution is -0.122. The minimum absolute atomic E-state index is 0.376. The molecular weight excluding hydrogens is 326 g/mol. The third-order valence-corrected chi connectivity index (χ3v) is 10.2. The van der Waals surface area contributed by atoms with E-state index >= 15 is 0 Å². The van der Waals surface area contributed by atoms with Crippen LogP contribution in [0.5, 0.6) is 0 Å². The largest absolute Gasteiger partial charge is 0.264 e. The Hall–Kier alpha value is -1.11. The summed E-state index contributed by atoms with van der Waals surface area (Å²) in [6, 6.07) is 4.39. The van der Waals surface area contributed by atoms with Crippen molar-refractivity contribution in [2.75, 3.05) is 0 Å². The average molecular weight is 364 g/mol. The Balaban J connectivity index is 1.45. The summed E-state index contributed by atoms with van der Waals surface area (Å²) in [4.78, 5) is 4.42. The molecule has 1 heterocycles. The van der Waals surface area contributed by atoms with E-state index in [9.17, 15) is 0 Å². The van der Waals surface area contributed by atoms with Crippen LogP contribution in [0.3, 0.4) is 0 Å². The molecule has 0 amide bonds. The van der Waals surface area contributed by atoms with Crippen molar-refractivity contribution in [2.45, 2.75) is 72.6 Å². The summed E-state index contributed by atoms with van der Waals surface area (Å²) >= 11 is 0. The first-order valence-corrected chi connectivity index (χ1v) is 11.6. The van der Waals surface area contributed by atoms with Crippen LogP contribution in [0.15, 0.2) is 30.6 Å². The smallest absolute Gasteiger partial charge is 0.0343 e. The summed E-state index contributed by atoms with van der Waals surface area (Å²) in [5, 5.41) is 0. The van der Waals surface area contributed by atoms with E-state index in [-0.39, 0.29) is 0 Å². The minimum atomic E-state index is 0.376. The molecule has 1 heteroatoms. The lowest BCUT2D eigenvalue weighted by Crippen LogP contribution is -2.54. The molecule has 0 radical (unpaired) electrons. The first kappa shape index (κ1) is 18.0. The number of fused-ring (bicyclic) bond motifs is 5. The van der Waals surface area contributed by atoms with Gasteiger partial charge >= 0.3 is 0 Å². The minimum Gasteiger partial charge on any atom is -0.264 e. The van der Waals surface area contributed by atoms with Crippen LogP contribution >= 0.6 is 0 Å². The van der Waals surface area contributed by atoms with E-state index in [1.807, 2.05) is 6.20 Å². The summed E-state index contributed by atoms with van der Waals surface area (Å²) in [5.74, 6) is 5.59. The molecule has 4 aliphatic carbocycles. The Morgan fingerprint density at radius 2 is 1.81 bits per heavy atom. The predicted octanol–water partition coefficient (Wildman–Crippen LogP) is 7.00. The van der Waals surface area contributed by atoms with Crippen LogP contribution in [0.4, 0.5) is 0 Å². The number of nitrogens with zero attached hydrogens (tertiary/aromatic N) is 1. The van der Waals surface area contributed by atoms with Gasteiger partial charge in [0, 0.05) is 12.4 Å². The molecule has 0 N–H and O–H groups in total. The summed E-state index contributed by atoms with van der Waals surface area (Å²) in [6.45, 7) is 10.4. The molecule has 8 unspecified atom stereocenters. The molecule has 0 aromatic carbocycles. The van der Waals surface area contributed by atoms with Crippen molar-refractivity contribution >= 4 is 5.57 Å². The molecule has 0 spiro atoms. The van der Waals surface area contributed by atoms with Gasteiger partial charge in [0.15, 0.2) is 0 Å². The molecule has 1 nitrogen and oxygen atoms in total. The zero-order valence-electron chi connectivity index (χ0n) is 17.7. The van der Waals surface area contributed by atoms with Crippen molar-refractivity contribution in [1.29, 1.82) is 0 Å². The number of pyridine rings is 1. The lowest BCUT2D eigenvalue weighted by atomic mass is 9.42. The molecule has 8 atom stereocenters. The predicted molar refractivity (Wildman–Crippen MR) is 113 cm³/mol. The van der Waals surface area contributed by atoms with Crippen LogP contribution in [0, 0.1) is 46.3 Å². The molecule has 0 aliphatic heterocycles. The maximum absolute atomic E-state index is 4.42. The zero-order chi connectivity index (χ0) is 18.8. The molecule has 0 bridgehead atoms. The first-order valence-electron chi connectivity index (χ1n) is 11.6. The van der Waals surface area contributed by atoms with Gasteiger partial charge in [-0.3, -0.25) is 4.98 Å². The van der Waals surface area contributed by atoms with E-state index < -0.39 is 0 Å². The van der Waals surface area contributed by atoms with Gasteiger partial charge in [-0.25, -0.2) is 0 Å². The van der Waals surface area contributed by atoms with Crippen molar-refractivity contribution in [3.8, 4) is 0 Å². The van der Waals surface area contributed by atoms with E-state index in [0.717, 1.165) is 35.5 Å². The highest BCUT2D eigenvalue weighted by Gasteiger charge is 2.59. The third kappa shape index (κ3) is 2.45. The summed E-state index contributed by atoms with van der Waals surface area (Å²) < 4.78 is 0. The molecular formula is C26H37N. The van der Waals surface area contributed by atoms with Crippen molar-refractivity contribution in [1.82, 2.24) is 4.98 Å². The van der Waals surface area contributed by atoms with Crippen LogP contribution < -0.4 is 0 Å². The number of hydrogen-bond acceptors (Lipinski definition) is 1. The van der Waals surface area contributed by atoms with Gasteiger partial charge in [0.1, 0.15) is 0 Å². The summed E-state index contributed by atoms with van der Waals surface area (Å²) in [6.07, 6.45) is 16.6. The molecule has 5 rings (SSSR count). The van der Waals surface area contributed by atoms with Gasteiger partial charge in [0.2, 0.25) is 0 Å². The van der Waals surface area contributed by atoms with Crippen molar-refractivity contribution < 1.29 is 0 Å². The highest BCUT2D eigenvalue weighted by Crippen LogP contribution is 2.68. The molecule has 1 aromatic heterocycles. The molecule has 146 valence electrons. The molecule has 27 heavy (non-hydrogen) atoms. The fourth-order valence-electron chi connectivity index (χ4n) is 8.45. The fraction of sp³-hybridized carbons (Fsp3) is 0.731. The maximum atomic E-state index is 4.42. The molecule has 4 aliphatic rings. The van der Waals surface area contributed by atoms with Crippen molar-refractivity contribution in [3.05, 3.63) is 36.2 Å². The van der Waals surface area contributed by atoms with Gasteiger partial charge in [-0.1, -0.05) is 39.8 Å². The normalized spacial score (nSPS) is 49.0. The maximum Gasteiger partial charge on any atom is 0.0343 e. The van der Waals surface area contributed by atoms with Gasteiger partial charge in [-0.15, -0.1) is 0 Å². The topological polar surface area (TPSA) is 12.9 Å². The Kier molecular flexibility index (Phi) is 4.12. The zero-order valence-corrected chi connectivity index (χ0v) is 17.7. The number of allylic oxidation sites excluding steroid dienone is 2. The first-order chi connectivity index (χ1) is 12.9. The second-order valence-electron chi connectivity index (χ2n) is 11.0. The van der Waals surface area contributed by atoms with Gasteiger partial charge < -0.3 is 0 Å². The Bertz CT molecular complexity index is 736. The Morgan fingerprint density at radius 1 is 0.963 bits per heavy atom. The average Bonchev–Trinajstić information content (AvgIpc) is 3.03. The van der Waals surface area contributed by atoms with Crippen molar-refractivity contribution in [2.24, 2.45) is 46.3 Å². The monoisotopic (exact) mass is 363 g/mol. The second-order valence-corrected chi connectivity index (χ2v) is 11.0. The third-order valence-electron chi connectivity index (χ3n) is 10.2. The summed E-state index contributed by atoms with van der Waals surface area (Å²) in [5.41, 5.74) is 3.96. The van der Waals surface area contributed by atoms with E-state index in [1.54, 1.807) is 5.57 Å². The van der Waals surface area contributed by atoms with Crippen molar-refractivity contribution in [3.63, 3.8) is 0 Å². The lowest BCUT2D eigenvalue weighted by Gasteiger charge is -2.62. The van der Waals surface area contributed by atoms with Gasteiger partial charge in [0.25, 0.3) is 0 Å². The molecule has 3 saturated carbocycles. The van der Waals surface area contributed by atoms with Crippen LogP contribution in [0.1, 0.15) is 78.2 Å².